The van der Waals surface area contributed by atoms with Crippen molar-refractivity contribution in [1.82, 2.24) is 10.1 Å². The van der Waals surface area contributed by atoms with E-state index in [9.17, 15) is 9.59 Å². The number of esters is 1. The number of amides is 2. The van der Waals surface area contributed by atoms with Gasteiger partial charge in [-0.1, -0.05) is 18.0 Å². The number of nitrogens with zero attached hydrogens (tertiary/aromatic N) is 2. The summed E-state index contributed by atoms with van der Waals surface area (Å²) in [5, 5.41) is 7.08. The van der Waals surface area contributed by atoms with E-state index < -0.39 is 0 Å². The first kappa shape index (κ1) is 25.1. The second-order valence-electron chi connectivity index (χ2n) is 10.1. The molecule has 190 valence electrons. The molecule has 1 aromatic heterocycles. The van der Waals surface area contributed by atoms with Gasteiger partial charge >= 0.3 is 12.0 Å². The van der Waals surface area contributed by atoms with E-state index in [-0.39, 0.29) is 36.2 Å². The Labute approximate surface area is 207 Å². The van der Waals surface area contributed by atoms with Crippen LogP contribution in [0.4, 0.5) is 10.5 Å². The molecule has 8 nitrogen and oxygen atoms in total. The van der Waals surface area contributed by atoms with Gasteiger partial charge in [0.2, 0.25) is 0 Å². The SMILES string of the molecule is Cc1noc(-c2ccc(O[C@H]3CCC[C@H](C(=O)OC(C)C)C3)cc2)c1NC(=O)N(C)C1CCCC1. The molecule has 1 aromatic carbocycles. The van der Waals surface area contributed by atoms with Crippen LogP contribution >= 0.6 is 0 Å². The van der Waals surface area contributed by atoms with Crippen LogP contribution in [-0.2, 0) is 9.53 Å². The van der Waals surface area contributed by atoms with Crippen molar-refractivity contribution in [1.29, 1.82) is 0 Å². The summed E-state index contributed by atoms with van der Waals surface area (Å²) in [4.78, 5) is 26.9. The normalized spacial score (nSPS) is 20.6. The minimum absolute atomic E-state index is 0.0205. The molecule has 2 aromatic rings. The molecule has 2 amide bonds. The van der Waals surface area contributed by atoms with Gasteiger partial charge in [0.25, 0.3) is 0 Å². The summed E-state index contributed by atoms with van der Waals surface area (Å²) in [5.41, 5.74) is 2.03. The molecule has 4 rings (SSSR count). The summed E-state index contributed by atoms with van der Waals surface area (Å²) in [6, 6.07) is 7.71. The van der Waals surface area contributed by atoms with Crippen LogP contribution in [0.2, 0.25) is 0 Å². The van der Waals surface area contributed by atoms with E-state index >= 15 is 0 Å². The van der Waals surface area contributed by atoms with Crippen molar-refractivity contribution in [2.45, 2.75) is 90.4 Å². The standard InChI is InChI=1S/C27H37N3O5/c1-17(2)33-26(31)20-8-7-11-23(16-20)34-22-14-12-19(13-15-22)25-24(18(3)29-35-25)28-27(32)30(4)21-9-5-6-10-21/h12-15,17,20-21,23H,5-11,16H2,1-4H3,(H,28,32)/t20-,23-/m0/s1. The van der Waals surface area contributed by atoms with E-state index in [1.807, 2.05) is 52.1 Å². The Balaban J connectivity index is 1.39. The second kappa shape index (κ2) is 11.1. The maximum atomic E-state index is 12.8. The van der Waals surface area contributed by atoms with Gasteiger partial charge in [0.15, 0.2) is 5.76 Å². The molecule has 2 aliphatic rings. The number of benzene rings is 1. The van der Waals surface area contributed by atoms with E-state index in [1.165, 1.54) is 0 Å². The first-order chi connectivity index (χ1) is 16.8. The predicted octanol–water partition coefficient (Wildman–Crippen LogP) is 5.95. The quantitative estimate of drug-likeness (QED) is 0.490. The summed E-state index contributed by atoms with van der Waals surface area (Å²) in [7, 11) is 1.85. The summed E-state index contributed by atoms with van der Waals surface area (Å²) >= 11 is 0. The summed E-state index contributed by atoms with van der Waals surface area (Å²) in [5.74, 6) is 1.02. The molecule has 0 spiro atoms. The Bertz CT molecular complexity index is 1010. The van der Waals surface area contributed by atoms with Crippen LogP contribution < -0.4 is 10.1 Å². The van der Waals surface area contributed by atoms with Crippen LogP contribution in [0.1, 0.15) is 70.9 Å². The van der Waals surface area contributed by atoms with Gasteiger partial charge in [-0.05, 0) is 83.6 Å². The van der Waals surface area contributed by atoms with Crippen molar-refractivity contribution in [3.05, 3.63) is 30.0 Å². The fourth-order valence-electron chi connectivity index (χ4n) is 5.04. The summed E-state index contributed by atoms with van der Waals surface area (Å²) in [6.45, 7) is 5.56. The van der Waals surface area contributed by atoms with Gasteiger partial charge in [-0.15, -0.1) is 0 Å². The molecule has 0 unspecified atom stereocenters. The molecule has 2 aliphatic carbocycles. The van der Waals surface area contributed by atoms with Crippen LogP contribution in [0.5, 0.6) is 5.75 Å². The van der Waals surface area contributed by atoms with E-state index in [4.69, 9.17) is 14.0 Å². The highest BCUT2D eigenvalue weighted by molar-refractivity contribution is 5.94. The number of anilines is 1. The molecule has 1 N–H and O–H groups in total. The number of carbonyl (C=O) groups is 2. The van der Waals surface area contributed by atoms with Gasteiger partial charge in [0.05, 0.1) is 18.1 Å². The van der Waals surface area contributed by atoms with Gasteiger partial charge in [-0.25, -0.2) is 4.79 Å². The second-order valence-corrected chi connectivity index (χ2v) is 10.1. The van der Waals surface area contributed by atoms with Crippen LogP contribution in [0.3, 0.4) is 0 Å². The fourth-order valence-corrected chi connectivity index (χ4v) is 5.04. The minimum atomic E-state index is -0.146. The zero-order valence-corrected chi connectivity index (χ0v) is 21.2. The van der Waals surface area contributed by atoms with Crippen molar-refractivity contribution in [2.75, 3.05) is 12.4 Å². The number of carbonyl (C=O) groups excluding carboxylic acids is 2. The Morgan fingerprint density at radius 1 is 1.09 bits per heavy atom. The number of ether oxygens (including phenoxy) is 2. The van der Waals surface area contributed by atoms with Crippen LogP contribution in [-0.4, -0.2) is 47.4 Å². The largest absolute Gasteiger partial charge is 0.490 e. The molecule has 0 radical (unpaired) electrons. The van der Waals surface area contributed by atoms with Gasteiger partial charge in [0, 0.05) is 18.7 Å². The third kappa shape index (κ3) is 6.16. The number of aromatic nitrogens is 1. The Morgan fingerprint density at radius 2 is 1.80 bits per heavy atom. The van der Waals surface area contributed by atoms with Crippen LogP contribution in [0.15, 0.2) is 28.8 Å². The molecule has 0 saturated heterocycles. The molecule has 8 heteroatoms. The Kier molecular flexibility index (Phi) is 7.98. The molecular formula is C27H37N3O5. The molecule has 0 aliphatic heterocycles. The van der Waals surface area contributed by atoms with E-state index in [1.54, 1.807) is 4.90 Å². The monoisotopic (exact) mass is 483 g/mol. The highest BCUT2D eigenvalue weighted by Gasteiger charge is 2.30. The predicted molar refractivity (Wildman–Crippen MR) is 133 cm³/mol. The third-order valence-corrected chi connectivity index (χ3v) is 7.02. The van der Waals surface area contributed by atoms with Gasteiger partial charge in [-0.3, -0.25) is 4.79 Å². The molecular weight excluding hydrogens is 446 g/mol. The molecule has 0 bridgehead atoms. The number of nitrogens with one attached hydrogen (secondary N) is 1. The maximum absolute atomic E-state index is 12.8. The Morgan fingerprint density at radius 3 is 2.49 bits per heavy atom. The lowest BCUT2D eigenvalue weighted by atomic mass is 9.87. The van der Waals surface area contributed by atoms with E-state index in [2.05, 4.69) is 10.5 Å². The highest BCUT2D eigenvalue weighted by Crippen LogP contribution is 2.34. The molecule has 35 heavy (non-hydrogen) atoms. The lowest BCUT2D eigenvalue weighted by Crippen LogP contribution is -2.38. The van der Waals surface area contributed by atoms with E-state index in [0.717, 1.165) is 56.3 Å². The number of aryl methyl sites for hydroxylation is 1. The molecule has 1 heterocycles. The van der Waals surface area contributed by atoms with Crippen molar-refractivity contribution in [2.24, 2.45) is 5.92 Å². The highest BCUT2D eigenvalue weighted by atomic mass is 16.5. The Hall–Kier alpha value is -3.03. The number of rotatable bonds is 7. The summed E-state index contributed by atoms with van der Waals surface area (Å²) in [6.07, 6.45) is 7.66. The lowest BCUT2D eigenvalue weighted by molar-refractivity contribution is -0.154. The van der Waals surface area contributed by atoms with Crippen molar-refractivity contribution in [3.8, 4) is 17.1 Å². The zero-order valence-electron chi connectivity index (χ0n) is 21.2. The summed E-state index contributed by atoms with van der Waals surface area (Å²) < 4.78 is 17.2. The lowest BCUT2D eigenvalue weighted by Gasteiger charge is -2.29. The topological polar surface area (TPSA) is 93.9 Å². The van der Waals surface area contributed by atoms with Gasteiger partial charge in [0.1, 0.15) is 17.1 Å². The first-order valence-corrected chi connectivity index (χ1v) is 12.8. The molecule has 2 fully saturated rings. The fraction of sp³-hybridized carbons (Fsp3) is 0.593. The average molecular weight is 484 g/mol. The molecule has 2 atom stereocenters. The number of hydrogen-bond donors (Lipinski definition) is 1. The first-order valence-electron chi connectivity index (χ1n) is 12.8. The van der Waals surface area contributed by atoms with Gasteiger partial charge < -0.3 is 24.2 Å². The molecule has 2 saturated carbocycles. The minimum Gasteiger partial charge on any atom is -0.490 e. The van der Waals surface area contributed by atoms with E-state index in [0.29, 0.717) is 23.6 Å². The number of urea groups is 1. The van der Waals surface area contributed by atoms with Crippen LogP contribution in [0, 0.1) is 12.8 Å². The zero-order chi connectivity index (χ0) is 24.9. The maximum Gasteiger partial charge on any atom is 0.321 e. The van der Waals surface area contributed by atoms with Crippen molar-refractivity contribution < 1.29 is 23.6 Å². The smallest absolute Gasteiger partial charge is 0.321 e. The average Bonchev–Trinajstić information content (AvgIpc) is 3.50. The third-order valence-electron chi connectivity index (χ3n) is 7.02. The van der Waals surface area contributed by atoms with Crippen molar-refractivity contribution >= 4 is 17.7 Å². The number of hydrogen-bond acceptors (Lipinski definition) is 6. The van der Waals surface area contributed by atoms with Crippen LogP contribution in [0.25, 0.3) is 11.3 Å². The van der Waals surface area contributed by atoms with Gasteiger partial charge in [-0.2, -0.15) is 0 Å². The van der Waals surface area contributed by atoms with Crippen molar-refractivity contribution in [3.63, 3.8) is 0 Å².